The molecule has 1 aliphatic carbocycles. The van der Waals surface area contributed by atoms with Gasteiger partial charge < -0.3 is 10.5 Å². The largest absolute Gasteiger partial charge is 0.368 e. The summed E-state index contributed by atoms with van der Waals surface area (Å²) in [5, 5.41) is 1.16. The van der Waals surface area contributed by atoms with Gasteiger partial charge in [0.1, 0.15) is 10.6 Å². The minimum Gasteiger partial charge on any atom is -0.368 e. The second kappa shape index (κ2) is 6.54. The molecule has 1 heterocycles. The molecule has 0 spiro atoms. The summed E-state index contributed by atoms with van der Waals surface area (Å²) < 4.78 is 6.20. The summed E-state index contributed by atoms with van der Waals surface area (Å²) in [6.07, 6.45) is 4.65. The summed E-state index contributed by atoms with van der Waals surface area (Å²) in [6, 6.07) is 0. The Morgan fingerprint density at radius 2 is 2.05 bits per heavy atom. The molecule has 2 rings (SSSR count). The van der Waals surface area contributed by atoms with Gasteiger partial charge in [0.25, 0.3) is 0 Å². The van der Waals surface area contributed by atoms with E-state index in [1.54, 1.807) is 11.3 Å². The van der Waals surface area contributed by atoms with E-state index in [9.17, 15) is 0 Å². The fourth-order valence-corrected chi connectivity index (χ4v) is 4.38. The van der Waals surface area contributed by atoms with Crippen LogP contribution in [0.5, 0.6) is 0 Å². The van der Waals surface area contributed by atoms with Crippen molar-refractivity contribution in [2.24, 2.45) is 11.7 Å². The molecule has 0 amide bonds. The second-order valence-electron chi connectivity index (χ2n) is 6.30. The lowest BCUT2D eigenvalue weighted by Crippen LogP contribution is -2.34. The molecular weight excluding hydrogens is 268 g/mol. The Bertz CT molecular complexity index is 434. The van der Waals surface area contributed by atoms with Crippen molar-refractivity contribution >= 4 is 11.3 Å². The molecule has 3 nitrogen and oxygen atoms in total. The molecular formula is C16H28N2OS. The highest BCUT2D eigenvalue weighted by atomic mass is 32.1. The number of hydrogen-bond acceptors (Lipinski definition) is 4. The predicted molar refractivity (Wildman–Crippen MR) is 85.0 cm³/mol. The van der Waals surface area contributed by atoms with Crippen molar-refractivity contribution < 1.29 is 4.74 Å². The summed E-state index contributed by atoms with van der Waals surface area (Å²) in [4.78, 5) is 6.16. The molecule has 1 aliphatic rings. The van der Waals surface area contributed by atoms with E-state index in [1.807, 2.05) is 0 Å². The Morgan fingerprint density at radius 3 is 2.50 bits per heavy atom. The molecule has 1 aromatic heterocycles. The first kappa shape index (κ1) is 15.9. The van der Waals surface area contributed by atoms with Gasteiger partial charge >= 0.3 is 0 Å². The van der Waals surface area contributed by atoms with Gasteiger partial charge in [-0.1, -0.05) is 20.8 Å². The van der Waals surface area contributed by atoms with E-state index in [0.717, 1.165) is 30.4 Å². The maximum atomic E-state index is 6.20. The predicted octanol–water partition coefficient (Wildman–Crippen LogP) is 4.17. The molecule has 0 saturated heterocycles. The van der Waals surface area contributed by atoms with Crippen molar-refractivity contribution in [1.29, 1.82) is 0 Å². The van der Waals surface area contributed by atoms with Crippen LogP contribution < -0.4 is 5.73 Å². The van der Waals surface area contributed by atoms with Gasteiger partial charge in [0.2, 0.25) is 0 Å². The molecule has 0 aliphatic heterocycles. The highest BCUT2D eigenvalue weighted by Crippen LogP contribution is 2.45. The van der Waals surface area contributed by atoms with E-state index in [0.29, 0.717) is 12.5 Å². The summed E-state index contributed by atoms with van der Waals surface area (Å²) in [7, 11) is 0. The number of ether oxygens (including phenoxy) is 1. The number of hydrogen-bond donors (Lipinski definition) is 1. The molecule has 1 fully saturated rings. The van der Waals surface area contributed by atoms with Crippen LogP contribution in [0, 0.1) is 5.92 Å². The highest BCUT2D eigenvalue weighted by Gasteiger charge is 2.39. The van der Waals surface area contributed by atoms with E-state index in [2.05, 4.69) is 27.7 Å². The van der Waals surface area contributed by atoms with E-state index in [1.165, 1.54) is 23.4 Å². The number of aromatic nitrogens is 1. The first-order valence-electron chi connectivity index (χ1n) is 7.86. The zero-order chi connectivity index (χ0) is 14.8. The lowest BCUT2D eigenvalue weighted by atomic mass is 9.79. The fraction of sp³-hybridized carbons (Fsp3) is 0.812. The van der Waals surface area contributed by atoms with E-state index in [-0.39, 0.29) is 5.60 Å². The lowest BCUT2D eigenvalue weighted by molar-refractivity contribution is -0.0777. The highest BCUT2D eigenvalue weighted by molar-refractivity contribution is 7.11. The van der Waals surface area contributed by atoms with Crippen LogP contribution in [0.25, 0.3) is 0 Å². The molecule has 1 saturated carbocycles. The van der Waals surface area contributed by atoms with Crippen LogP contribution in [-0.2, 0) is 16.9 Å². The monoisotopic (exact) mass is 296 g/mol. The van der Waals surface area contributed by atoms with Crippen LogP contribution >= 0.6 is 11.3 Å². The zero-order valence-electron chi connectivity index (χ0n) is 13.2. The minimum atomic E-state index is -0.150. The molecule has 0 atom stereocenters. The Hall–Kier alpha value is -0.450. The van der Waals surface area contributed by atoms with Crippen molar-refractivity contribution in [3.8, 4) is 0 Å². The smallest absolute Gasteiger partial charge is 0.125 e. The third kappa shape index (κ3) is 3.07. The minimum absolute atomic E-state index is 0.150. The van der Waals surface area contributed by atoms with Crippen LogP contribution in [0.3, 0.4) is 0 Å². The van der Waals surface area contributed by atoms with Crippen LogP contribution in [0.15, 0.2) is 0 Å². The SMILES string of the molecule is CCOC1(c2nc(C(C)C)c(CN)s2)CCC(C)CC1. The summed E-state index contributed by atoms with van der Waals surface area (Å²) >= 11 is 1.77. The van der Waals surface area contributed by atoms with Crippen molar-refractivity contribution in [3.63, 3.8) is 0 Å². The topological polar surface area (TPSA) is 48.1 Å². The van der Waals surface area contributed by atoms with Crippen LogP contribution in [-0.4, -0.2) is 11.6 Å². The van der Waals surface area contributed by atoms with Gasteiger partial charge in [0, 0.05) is 18.0 Å². The van der Waals surface area contributed by atoms with Crippen molar-refractivity contribution in [1.82, 2.24) is 4.98 Å². The number of thiazole rings is 1. The molecule has 0 bridgehead atoms. The van der Waals surface area contributed by atoms with Crippen LogP contribution in [0.2, 0.25) is 0 Å². The molecule has 4 heteroatoms. The van der Waals surface area contributed by atoms with Gasteiger partial charge in [-0.2, -0.15) is 0 Å². The molecule has 0 radical (unpaired) electrons. The van der Waals surface area contributed by atoms with Gasteiger partial charge in [-0.25, -0.2) is 4.98 Å². The number of nitrogens with two attached hydrogens (primary N) is 1. The molecule has 0 unspecified atom stereocenters. The first-order chi connectivity index (χ1) is 9.52. The number of rotatable bonds is 5. The Balaban J connectivity index is 2.34. The third-order valence-corrected chi connectivity index (χ3v) is 5.63. The van der Waals surface area contributed by atoms with Crippen molar-refractivity contribution in [2.45, 2.75) is 71.4 Å². The van der Waals surface area contributed by atoms with Crippen LogP contribution in [0.4, 0.5) is 0 Å². The Morgan fingerprint density at radius 1 is 1.40 bits per heavy atom. The van der Waals surface area contributed by atoms with Gasteiger partial charge in [-0.3, -0.25) is 0 Å². The van der Waals surface area contributed by atoms with E-state index in [4.69, 9.17) is 15.5 Å². The maximum absolute atomic E-state index is 6.20. The normalized spacial score (nSPS) is 27.2. The fourth-order valence-electron chi connectivity index (χ4n) is 3.08. The van der Waals surface area contributed by atoms with Crippen molar-refractivity contribution in [2.75, 3.05) is 6.61 Å². The quantitative estimate of drug-likeness (QED) is 0.887. The Labute approximate surface area is 126 Å². The average Bonchev–Trinajstić information content (AvgIpc) is 2.87. The van der Waals surface area contributed by atoms with Gasteiger partial charge in [-0.05, 0) is 44.4 Å². The van der Waals surface area contributed by atoms with Crippen LogP contribution in [0.1, 0.15) is 74.9 Å². The summed E-state index contributed by atoms with van der Waals surface area (Å²) in [5.41, 5.74) is 6.92. The van der Waals surface area contributed by atoms with E-state index < -0.39 is 0 Å². The molecule has 114 valence electrons. The Kier molecular flexibility index (Phi) is 5.21. The molecule has 0 aromatic carbocycles. The van der Waals surface area contributed by atoms with Gasteiger partial charge in [0.05, 0.1) is 5.69 Å². The third-order valence-electron chi connectivity index (χ3n) is 4.35. The molecule has 20 heavy (non-hydrogen) atoms. The van der Waals surface area contributed by atoms with Gasteiger partial charge in [0.15, 0.2) is 0 Å². The average molecular weight is 296 g/mol. The lowest BCUT2D eigenvalue weighted by Gasteiger charge is -2.37. The molecule has 1 aromatic rings. The zero-order valence-corrected chi connectivity index (χ0v) is 14.1. The molecule has 2 N–H and O–H groups in total. The van der Waals surface area contributed by atoms with Crippen molar-refractivity contribution in [3.05, 3.63) is 15.6 Å². The summed E-state index contributed by atoms with van der Waals surface area (Å²) in [6.45, 7) is 10.1. The summed E-state index contributed by atoms with van der Waals surface area (Å²) in [5.74, 6) is 1.24. The standard InChI is InChI=1S/C16H28N2OS/c1-5-19-16(8-6-12(4)7-9-16)15-18-14(11(2)3)13(10-17)20-15/h11-12H,5-10,17H2,1-4H3. The first-order valence-corrected chi connectivity index (χ1v) is 8.68. The second-order valence-corrected chi connectivity index (χ2v) is 7.38. The van der Waals surface area contributed by atoms with Gasteiger partial charge in [-0.15, -0.1) is 11.3 Å². The number of nitrogens with zero attached hydrogens (tertiary/aromatic N) is 1. The maximum Gasteiger partial charge on any atom is 0.125 e. The van der Waals surface area contributed by atoms with E-state index >= 15 is 0 Å².